The third-order valence-electron chi connectivity index (χ3n) is 4.13. The molecule has 2 atom stereocenters. The molecular weight excluding hydrogens is 216 g/mol. The Balaban J connectivity index is 2.06. The number of carbonyl (C=O) groups excluding carboxylic acids is 1. The fourth-order valence-electron chi connectivity index (χ4n) is 2.16. The van der Waals surface area contributed by atoms with Gasteiger partial charge < -0.3 is 11.1 Å². The molecule has 1 fully saturated rings. The number of rotatable bonds is 2. The van der Waals surface area contributed by atoms with Crippen LogP contribution in [-0.2, 0) is 7.05 Å². The molecule has 1 saturated carbocycles. The van der Waals surface area contributed by atoms with E-state index in [0.29, 0.717) is 5.56 Å². The third kappa shape index (κ3) is 1.84. The summed E-state index contributed by atoms with van der Waals surface area (Å²) in [5.41, 5.74) is 7.43. The van der Waals surface area contributed by atoms with Crippen molar-refractivity contribution >= 4 is 5.91 Å². The van der Waals surface area contributed by atoms with Crippen molar-refractivity contribution in [1.29, 1.82) is 0 Å². The molecule has 0 saturated heterocycles. The zero-order chi connectivity index (χ0) is 12.8. The number of nitrogens with two attached hydrogens (primary N) is 1. The van der Waals surface area contributed by atoms with Gasteiger partial charge in [0.25, 0.3) is 5.91 Å². The fourth-order valence-corrected chi connectivity index (χ4v) is 2.16. The number of aryl methyl sites for hydroxylation is 1. The van der Waals surface area contributed by atoms with Crippen LogP contribution in [0, 0.1) is 12.3 Å². The summed E-state index contributed by atoms with van der Waals surface area (Å²) in [5.74, 6) is -0.0550. The number of amides is 1. The maximum absolute atomic E-state index is 12.1. The van der Waals surface area contributed by atoms with Gasteiger partial charge in [-0.2, -0.15) is 5.10 Å². The highest BCUT2D eigenvalue weighted by Gasteiger charge is 2.46. The summed E-state index contributed by atoms with van der Waals surface area (Å²) in [5, 5.41) is 7.11. The second kappa shape index (κ2) is 3.84. The van der Waals surface area contributed by atoms with Gasteiger partial charge in [0.05, 0.1) is 11.8 Å². The molecule has 94 valence electrons. The molecule has 0 spiro atoms. The predicted molar refractivity (Wildman–Crippen MR) is 65.6 cm³/mol. The molecule has 1 heterocycles. The van der Waals surface area contributed by atoms with Crippen molar-refractivity contribution in [2.24, 2.45) is 18.2 Å². The molecule has 1 aromatic rings. The van der Waals surface area contributed by atoms with E-state index < -0.39 is 0 Å². The van der Waals surface area contributed by atoms with E-state index in [1.165, 1.54) is 0 Å². The number of hydrogen-bond acceptors (Lipinski definition) is 3. The Kier molecular flexibility index (Phi) is 2.73. The average Bonchev–Trinajstić information content (AvgIpc) is 2.59. The third-order valence-corrected chi connectivity index (χ3v) is 4.13. The number of nitrogens with zero attached hydrogens (tertiary/aromatic N) is 2. The van der Waals surface area contributed by atoms with Crippen molar-refractivity contribution in [1.82, 2.24) is 15.1 Å². The van der Waals surface area contributed by atoms with E-state index in [1.54, 1.807) is 10.9 Å². The van der Waals surface area contributed by atoms with Crippen molar-refractivity contribution in [3.05, 3.63) is 17.5 Å². The Morgan fingerprint density at radius 3 is 2.71 bits per heavy atom. The quantitative estimate of drug-likeness (QED) is 0.789. The first-order chi connectivity index (χ1) is 7.84. The number of aromatic nitrogens is 2. The van der Waals surface area contributed by atoms with Crippen LogP contribution in [0.1, 0.15) is 36.3 Å². The maximum atomic E-state index is 12.1. The molecule has 1 amide bonds. The van der Waals surface area contributed by atoms with Gasteiger partial charge in [0.2, 0.25) is 0 Å². The highest BCUT2D eigenvalue weighted by Crippen LogP contribution is 2.39. The van der Waals surface area contributed by atoms with Crippen LogP contribution in [-0.4, -0.2) is 27.8 Å². The molecule has 3 N–H and O–H groups in total. The van der Waals surface area contributed by atoms with E-state index in [9.17, 15) is 4.79 Å². The molecule has 17 heavy (non-hydrogen) atoms. The minimum Gasteiger partial charge on any atom is -0.349 e. The first-order valence-electron chi connectivity index (χ1n) is 5.89. The van der Waals surface area contributed by atoms with Crippen LogP contribution >= 0.6 is 0 Å². The highest BCUT2D eigenvalue weighted by molar-refractivity contribution is 5.95. The van der Waals surface area contributed by atoms with E-state index in [1.807, 2.05) is 14.0 Å². The Bertz CT molecular complexity index is 449. The zero-order valence-electron chi connectivity index (χ0n) is 10.8. The molecule has 0 bridgehead atoms. The van der Waals surface area contributed by atoms with E-state index in [0.717, 1.165) is 12.1 Å². The van der Waals surface area contributed by atoms with Gasteiger partial charge in [0.15, 0.2) is 0 Å². The summed E-state index contributed by atoms with van der Waals surface area (Å²) in [4.78, 5) is 12.1. The second-order valence-corrected chi connectivity index (χ2v) is 5.46. The summed E-state index contributed by atoms with van der Waals surface area (Å²) < 4.78 is 1.70. The SMILES string of the molecule is Cc1c(C(=O)NC2CC(N)C2(C)C)cnn1C. The molecule has 1 aliphatic carbocycles. The zero-order valence-corrected chi connectivity index (χ0v) is 10.8. The van der Waals surface area contributed by atoms with Gasteiger partial charge in [-0.3, -0.25) is 9.48 Å². The van der Waals surface area contributed by atoms with Crippen LogP contribution in [0.25, 0.3) is 0 Å². The summed E-state index contributed by atoms with van der Waals surface area (Å²) in [6.45, 7) is 6.06. The fraction of sp³-hybridized carbons (Fsp3) is 0.667. The molecule has 1 aromatic heterocycles. The molecule has 2 rings (SSSR count). The van der Waals surface area contributed by atoms with Crippen LogP contribution in [0.2, 0.25) is 0 Å². The lowest BCUT2D eigenvalue weighted by Crippen LogP contribution is -2.64. The molecule has 0 aromatic carbocycles. The van der Waals surface area contributed by atoms with Crippen LogP contribution in [0.3, 0.4) is 0 Å². The summed E-state index contributed by atoms with van der Waals surface area (Å²) in [6.07, 6.45) is 2.45. The first kappa shape index (κ1) is 12.1. The number of hydrogen-bond donors (Lipinski definition) is 2. The second-order valence-electron chi connectivity index (χ2n) is 5.46. The van der Waals surface area contributed by atoms with Crippen LogP contribution < -0.4 is 11.1 Å². The lowest BCUT2D eigenvalue weighted by Gasteiger charge is -2.50. The predicted octanol–water partition coefficient (Wildman–Crippen LogP) is 0.584. The summed E-state index contributed by atoms with van der Waals surface area (Å²) >= 11 is 0. The van der Waals surface area contributed by atoms with Crippen LogP contribution in [0.15, 0.2) is 6.20 Å². The molecule has 1 aliphatic rings. The van der Waals surface area contributed by atoms with Crippen LogP contribution in [0.4, 0.5) is 0 Å². The molecule has 0 aliphatic heterocycles. The first-order valence-corrected chi connectivity index (χ1v) is 5.89. The van der Waals surface area contributed by atoms with Gasteiger partial charge in [0.1, 0.15) is 0 Å². The largest absolute Gasteiger partial charge is 0.349 e. The Morgan fingerprint density at radius 2 is 2.29 bits per heavy atom. The standard InChI is InChI=1S/C12H20N4O/c1-7-8(6-14-16(7)4)11(17)15-10-5-9(13)12(10,2)3/h6,9-10H,5,13H2,1-4H3,(H,15,17). The monoisotopic (exact) mass is 236 g/mol. The highest BCUT2D eigenvalue weighted by atomic mass is 16.1. The van der Waals surface area contributed by atoms with Crippen molar-refractivity contribution in [3.63, 3.8) is 0 Å². The molecule has 0 radical (unpaired) electrons. The van der Waals surface area contributed by atoms with E-state index in [-0.39, 0.29) is 23.4 Å². The summed E-state index contributed by atoms with van der Waals surface area (Å²) in [6, 6.07) is 0.326. The summed E-state index contributed by atoms with van der Waals surface area (Å²) in [7, 11) is 1.83. The van der Waals surface area contributed by atoms with Crippen LogP contribution in [0.5, 0.6) is 0 Å². The Labute approximate surface area is 101 Å². The lowest BCUT2D eigenvalue weighted by atomic mass is 9.63. The van der Waals surface area contributed by atoms with Crippen molar-refractivity contribution in [2.75, 3.05) is 0 Å². The van der Waals surface area contributed by atoms with E-state index in [4.69, 9.17) is 5.73 Å². The number of nitrogens with one attached hydrogen (secondary N) is 1. The minimum absolute atomic E-state index is 0.0220. The van der Waals surface area contributed by atoms with Gasteiger partial charge in [-0.1, -0.05) is 13.8 Å². The van der Waals surface area contributed by atoms with Crippen molar-refractivity contribution < 1.29 is 4.79 Å². The van der Waals surface area contributed by atoms with Gasteiger partial charge in [-0.15, -0.1) is 0 Å². The lowest BCUT2D eigenvalue weighted by molar-refractivity contribution is 0.0586. The smallest absolute Gasteiger partial charge is 0.254 e. The van der Waals surface area contributed by atoms with Crippen molar-refractivity contribution in [2.45, 2.75) is 39.3 Å². The number of carbonyl (C=O) groups is 1. The Hall–Kier alpha value is -1.36. The molecule has 5 nitrogen and oxygen atoms in total. The van der Waals surface area contributed by atoms with E-state index in [2.05, 4.69) is 24.3 Å². The molecule has 2 unspecified atom stereocenters. The van der Waals surface area contributed by atoms with Gasteiger partial charge in [-0.25, -0.2) is 0 Å². The average molecular weight is 236 g/mol. The van der Waals surface area contributed by atoms with Gasteiger partial charge >= 0.3 is 0 Å². The Morgan fingerprint density at radius 1 is 1.65 bits per heavy atom. The van der Waals surface area contributed by atoms with Gasteiger partial charge in [-0.05, 0) is 13.3 Å². The molecular formula is C12H20N4O. The van der Waals surface area contributed by atoms with Crippen molar-refractivity contribution in [3.8, 4) is 0 Å². The normalized spacial score (nSPS) is 26.4. The maximum Gasteiger partial charge on any atom is 0.254 e. The topological polar surface area (TPSA) is 72.9 Å². The minimum atomic E-state index is -0.0550. The molecule has 5 heteroatoms. The van der Waals surface area contributed by atoms with Gasteiger partial charge in [0, 0.05) is 30.2 Å². The van der Waals surface area contributed by atoms with E-state index >= 15 is 0 Å².